The first-order valence-corrected chi connectivity index (χ1v) is 10.7. The maximum Gasteiger partial charge on any atom is 0.271 e. The van der Waals surface area contributed by atoms with Gasteiger partial charge in [0.2, 0.25) is 0 Å². The first-order chi connectivity index (χ1) is 16.9. The third-order valence-electron chi connectivity index (χ3n) is 4.67. The minimum atomic E-state index is -0.464. The van der Waals surface area contributed by atoms with Crippen molar-refractivity contribution in [3.8, 4) is 17.2 Å². The summed E-state index contributed by atoms with van der Waals surface area (Å²) in [6.07, 6.45) is 3.02. The number of hydrazone groups is 1. The van der Waals surface area contributed by atoms with Gasteiger partial charge in [0.25, 0.3) is 11.6 Å². The highest BCUT2D eigenvalue weighted by atomic mass is 35.5. The second-order valence-corrected chi connectivity index (χ2v) is 7.50. The first-order valence-electron chi connectivity index (χ1n) is 10.3. The third kappa shape index (κ3) is 7.05. The number of rotatable bonds is 11. The zero-order valence-electron chi connectivity index (χ0n) is 18.8. The molecule has 35 heavy (non-hydrogen) atoms. The second-order valence-electron chi connectivity index (χ2n) is 7.06. The molecule has 0 aromatic heterocycles. The molecule has 0 bridgehead atoms. The normalized spacial score (nSPS) is 10.6. The maximum atomic E-state index is 12.5. The summed E-state index contributed by atoms with van der Waals surface area (Å²) in [6.45, 7) is 4.08. The molecule has 180 valence electrons. The van der Waals surface area contributed by atoms with E-state index in [0.717, 1.165) is 5.56 Å². The minimum Gasteiger partial charge on any atom is -0.493 e. The monoisotopic (exact) mass is 495 g/mol. The Bertz CT molecular complexity index is 1240. The van der Waals surface area contributed by atoms with Crippen molar-refractivity contribution in [2.75, 3.05) is 13.7 Å². The molecule has 0 aliphatic rings. The Balaban J connectivity index is 1.67. The Morgan fingerprint density at radius 3 is 2.51 bits per heavy atom. The molecule has 0 spiro atoms. The summed E-state index contributed by atoms with van der Waals surface area (Å²) in [4.78, 5) is 22.9. The third-order valence-corrected chi connectivity index (χ3v) is 4.90. The molecule has 0 saturated heterocycles. The van der Waals surface area contributed by atoms with Gasteiger partial charge in [-0.05, 0) is 54.1 Å². The molecule has 3 aromatic rings. The van der Waals surface area contributed by atoms with Crippen molar-refractivity contribution in [3.63, 3.8) is 0 Å². The number of non-ortho nitro benzene ring substituents is 1. The molecule has 3 rings (SSSR count). The molecule has 0 fully saturated rings. The highest BCUT2D eigenvalue weighted by Gasteiger charge is 2.11. The standard InChI is InChI=1S/C25H22ClN3O6/c1-3-12-34-23-10-6-18(14-24(23)33-2)25(30)28-27-15-19-13-20(26)7-11-22(19)35-16-17-4-8-21(9-5-17)29(31)32/h3-11,13-15H,1,12,16H2,2H3,(H,28,30)/b27-15+. The lowest BCUT2D eigenvalue weighted by atomic mass is 10.2. The van der Waals surface area contributed by atoms with E-state index < -0.39 is 10.8 Å². The number of nitrogens with zero attached hydrogens (tertiary/aromatic N) is 2. The molecule has 0 aliphatic heterocycles. The Morgan fingerprint density at radius 1 is 1.09 bits per heavy atom. The number of amides is 1. The SMILES string of the molecule is C=CCOc1ccc(C(=O)N/N=C/c2cc(Cl)ccc2OCc2ccc([N+](=O)[O-])cc2)cc1OC. The number of nitrogens with one attached hydrogen (secondary N) is 1. The summed E-state index contributed by atoms with van der Waals surface area (Å²) >= 11 is 6.10. The molecule has 0 heterocycles. The summed E-state index contributed by atoms with van der Waals surface area (Å²) < 4.78 is 16.6. The zero-order valence-corrected chi connectivity index (χ0v) is 19.5. The predicted molar refractivity (Wildman–Crippen MR) is 133 cm³/mol. The largest absolute Gasteiger partial charge is 0.493 e. The van der Waals surface area contributed by atoms with E-state index in [1.54, 1.807) is 54.6 Å². The van der Waals surface area contributed by atoms with Crippen LogP contribution in [-0.4, -0.2) is 30.8 Å². The number of halogens is 1. The van der Waals surface area contributed by atoms with E-state index in [4.69, 9.17) is 25.8 Å². The molecule has 0 unspecified atom stereocenters. The van der Waals surface area contributed by atoms with Crippen molar-refractivity contribution in [2.45, 2.75) is 6.61 Å². The Kier molecular flexibility index (Phi) is 8.80. The van der Waals surface area contributed by atoms with Crippen LogP contribution in [0.5, 0.6) is 17.2 Å². The van der Waals surface area contributed by atoms with Crippen LogP contribution in [0.4, 0.5) is 5.69 Å². The summed E-state index contributed by atoms with van der Waals surface area (Å²) in [5.41, 5.74) is 4.06. The van der Waals surface area contributed by atoms with Gasteiger partial charge in [0.05, 0.1) is 18.2 Å². The van der Waals surface area contributed by atoms with Gasteiger partial charge in [0.15, 0.2) is 11.5 Å². The van der Waals surface area contributed by atoms with E-state index in [1.807, 2.05) is 0 Å². The molecule has 10 heteroatoms. The number of methoxy groups -OCH3 is 1. The van der Waals surface area contributed by atoms with Gasteiger partial charge in [-0.15, -0.1) is 0 Å². The van der Waals surface area contributed by atoms with Crippen LogP contribution in [-0.2, 0) is 6.61 Å². The average molecular weight is 496 g/mol. The van der Waals surface area contributed by atoms with Gasteiger partial charge in [-0.1, -0.05) is 24.3 Å². The number of benzene rings is 3. The van der Waals surface area contributed by atoms with E-state index in [9.17, 15) is 14.9 Å². The van der Waals surface area contributed by atoms with Gasteiger partial charge in [-0.3, -0.25) is 14.9 Å². The molecule has 0 radical (unpaired) electrons. The number of hydrogen-bond donors (Lipinski definition) is 1. The van der Waals surface area contributed by atoms with Crippen LogP contribution in [0, 0.1) is 10.1 Å². The molecular weight excluding hydrogens is 474 g/mol. The molecule has 1 amide bonds. The van der Waals surface area contributed by atoms with Crippen LogP contribution in [0.3, 0.4) is 0 Å². The van der Waals surface area contributed by atoms with E-state index in [1.165, 1.54) is 25.5 Å². The van der Waals surface area contributed by atoms with E-state index >= 15 is 0 Å². The molecular formula is C25H22ClN3O6. The van der Waals surface area contributed by atoms with Crippen molar-refractivity contribution >= 4 is 29.4 Å². The number of hydrogen-bond acceptors (Lipinski definition) is 7. The smallest absolute Gasteiger partial charge is 0.271 e. The van der Waals surface area contributed by atoms with Gasteiger partial charge < -0.3 is 14.2 Å². The van der Waals surface area contributed by atoms with Crippen molar-refractivity contribution in [1.29, 1.82) is 0 Å². The lowest BCUT2D eigenvalue weighted by molar-refractivity contribution is -0.384. The van der Waals surface area contributed by atoms with E-state index in [0.29, 0.717) is 40.0 Å². The predicted octanol–water partition coefficient (Wildman–Crippen LogP) is 5.16. The minimum absolute atomic E-state index is 0.000330. The zero-order chi connectivity index (χ0) is 25.2. The maximum absolute atomic E-state index is 12.5. The highest BCUT2D eigenvalue weighted by molar-refractivity contribution is 6.30. The van der Waals surface area contributed by atoms with Crippen LogP contribution in [0.25, 0.3) is 0 Å². The molecule has 1 N–H and O–H groups in total. The topological polar surface area (TPSA) is 112 Å². The summed E-state index contributed by atoms with van der Waals surface area (Å²) in [5.74, 6) is 0.905. The summed E-state index contributed by atoms with van der Waals surface area (Å²) in [6, 6.07) is 15.8. The van der Waals surface area contributed by atoms with Crippen LogP contribution < -0.4 is 19.6 Å². The van der Waals surface area contributed by atoms with E-state index in [-0.39, 0.29) is 12.3 Å². The van der Waals surface area contributed by atoms with Crippen LogP contribution in [0.1, 0.15) is 21.5 Å². The lowest BCUT2D eigenvalue weighted by Gasteiger charge is -2.11. The van der Waals surface area contributed by atoms with Gasteiger partial charge in [-0.25, -0.2) is 5.43 Å². The fourth-order valence-corrected chi connectivity index (χ4v) is 3.11. The first kappa shape index (κ1) is 25.3. The van der Waals surface area contributed by atoms with Crippen LogP contribution >= 0.6 is 11.6 Å². The van der Waals surface area contributed by atoms with Crippen LogP contribution in [0.2, 0.25) is 5.02 Å². The fourth-order valence-electron chi connectivity index (χ4n) is 2.93. The molecule has 9 nitrogen and oxygen atoms in total. The molecule has 0 saturated carbocycles. The van der Waals surface area contributed by atoms with Crippen LogP contribution in [0.15, 0.2) is 78.4 Å². The van der Waals surface area contributed by atoms with Crippen molar-refractivity contribution in [2.24, 2.45) is 5.10 Å². The summed E-state index contributed by atoms with van der Waals surface area (Å²) in [5, 5.41) is 15.3. The van der Waals surface area contributed by atoms with Gasteiger partial charge in [0, 0.05) is 28.3 Å². The Morgan fingerprint density at radius 2 is 1.83 bits per heavy atom. The number of ether oxygens (including phenoxy) is 3. The van der Waals surface area contributed by atoms with Gasteiger partial charge >= 0.3 is 0 Å². The second kappa shape index (κ2) is 12.2. The molecule has 0 atom stereocenters. The number of carbonyl (C=O) groups excluding carboxylic acids is 1. The molecule has 0 aliphatic carbocycles. The van der Waals surface area contributed by atoms with Crippen molar-refractivity contribution in [1.82, 2.24) is 5.43 Å². The van der Waals surface area contributed by atoms with Crippen molar-refractivity contribution < 1.29 is 23.9 Å². The Labute approximate surface area is 206 Å². The number of nitro benzene ring substituents is 1. The average Bonchev–Trinajstić information content (AvgIpc) is 2.87. The van der Waals surface area contributed by atoms with Gasteiger partial charge in [0.1, 0.15) is 19.0 Å². The summed E-state index contributed by atoms with van der Waals surface area (Å²) in [7, 11) is 1.48. The van der Waals surface area contributed by atoms with Gasteiger partial charge in [-0.2, -0.15) is 5.10 Å². The molecule has 3 aromatic carbocycles. The highest BCUT2D eigenvalue weighted by Crippen LogP contribution is 2.28. The number of nitro groups is 1. The fraction of sp³-hybridized carbons (Fsp3) is 0.120. The quantitative estimate of drug-likeness (QED) is 0.170. The Hall–Kier alpha value is -4.37. The van der Waals surface area contributed by atoms with E-state index in [2.05, 4.69) is 17.1 Å². The number of carbonyl (C=O) groups is 1. The van der Waals surface area contributed by atoms with Crippen molar-refractivity contribution in [3.05, 3.63) is 105 Å². The lowest BCUT2D eigenvalue weighted by Crippen LogP contribution is -2.17.